The molecule has 0 amide bonds. The molecule has 0 spiro atoms. The molecule has 3 aliphatic rings. The number of nitrogens with zero attached hydrogens (tertiary/aromatic N) is 1. The second kappa shape index (κ2) is 7.68. The van der Waals surface area contributed by atoms with E-state index in [1.54, 1.807) is 13.8 Å². The van der Waals surface area contributed by atoms with Gasteiger partial charge in [0.15, 0.2) is 0 Å². The van der Waals surface area contributed by atoms with Crippen molar-refractivity contribution in [3.63, 3.8) is 0 Å². The molecule has 164 valence electrons. The normalized spacial score (nSPS) is 39.9. The highest BCUT2D eigenvalue weighted by atomic mass is 32.2. The lowest BCUT2D eigenvalue weighted by molar-refractivity contribution is -0.189. The maximum Gasteiger partial charge on any atom is 0.348 e. The van der Waals surface area contributed by atoms with E-state index in [0.29, 0.717) is 13.0 Å². The van der Waals surface area contributed by atoms with Crippen LogP contribution in [-0.2, 0) is 34.8 Å². The summed E-state index contributed by atoms with van der Waals surface area (Å²) in [4.78, 5) is 28.5. The van der Waals surface area contributed by atoms with Crippen LogP contribution in [0.4, 0.5) is 0 Å². The SMILES string of the molecule is C#[S-](C1C(C(=O)O)=N[C@@](C)([C@@H]2C(=O)O[C@@H]2C)[C@H]1C)[C@@H]1CN[C@H](CNS(N)(=O)=O)C1. The molecule has 3 rings (SSSR count). The minimum Gasteiger partial charge on any atom is -0.477 e. The first-order chi connectivity index (χ1) is 13.3. The Morgan fingerprint density at radius 1 is 1.52 bits per heavy atom. The molecular formula is C17H27N4O6S2-. The summed E-state index contributed by atoms with van der Waals surface area (Å²) in [7, 11) is -4.63. The van der Waals surface area contributed by atoms with Crippen LogP contribution in [0.15, 0.2) is 4.99 Å². The Balaban J connectivity index is 1.77. The minimum absolute atomic E-state index is 0.00356. The van der Waals surface area contributed by atoms with Gasteiger partial charge in [-0.3, -0.25) is 9.79 Å². The zero-order chi connectivity index (χ0) is 21.7. The van der Waals surface area contributed by atoms with Crippen molar-refractivity contribution >= 4 is 38.2 Å². The molecule has 0 saturated carbocycles. The number of nitrogens with one attached hydrogen (secondary N) is 2. The first-order valence-electron chi connectivity index (χ1n) is 9.35. The Morgan fingerprint density at radius 3 is 2.69 bits per heavy atom. The number of aliphatic carboxylic acids is 1. The number of esters is 1. The summed E-state index contributed by atoms with van der Waals surface area (Å²) in [6.07, 6.45) is 0.255. The summed E-state index contributed by atoms with van der Waals surface area (Å²) >= 11 is 0. The van der Waals surface area contributed by atoms with Crippen LogP contribution in [0.2, 0.25) is 0 Å². The van der Waals surface area contributed by atoms with E-state index >= 15 is 0 Å². The molecule has 7 atom stereocenters. The first kappa shape index (κ1) is 22.3. The van der Waals surface area contributed by atoms with Crippen molar-refractivity contribution in [3.05, 3.63) is 0 Å². The van der Waals surface area contributed by atoms with Crippen LogP contribution in [-0.4, -0.2) is 72.4 Å². The number of carbonyl (C=O) groups is 2. The lowest BCUT2D eigenvalue weighted by Crippen LogP contribution is -2.57. The smallest absolute Gasteiger partial charge is 0.348 e. The van der Waals surface area contributed by atoms with Gasteiger partial charge in [0.25, 0.3) is 10.2 Å². The Hall–Kier alpha value is -1.43. The van der Waals surface area contributed by atoms with Gasteiger partial charge in [-0.25, -0.2) is 14.7 Å². The van der Waals surface area contributed by atoms with Crippen molar-refractivity contribution < 1.29 is 27.9 Å². The molecule has 0 aliphatic carbocycles. The maximum atomic E-state index is 12.0. The second-order valence-electron chi connectivity index (χ2n) is 8.12. The minimum atomic E-state index is -3.79. The Labute approximate surface area is 172 Å². The summed E-state index contributed by atoms with van der Waals surface area (Å²) in [6.45, 7) is 6.13. The predicted molar refractivity (Wildman–Crippen MR) is 109 cm³/mol. The van der Waals surface area contributed by atoms with Crippen LogP contribution >= 0.6 is 0 Å². The number of hydrogen-bond acceptors (Lipinski definition) is 8. The standard InChI is InChI=1S/C17H27N4O6S2/c1-8-14(28(4)11-5-10(19-7-11)6-20-29(18,25)26)13(15(22)23)21-17(8,3)12-9(2)27-16(12)24/h4,8-12,14,19-20H,5-7H2,1-3H3,(H,22,23)(H2,18,25,26)/q-1/t8-,9+,10-,11-,12-,14?,17+/m0/s1. The second-order valence-corrected chi connectivity index (χ2v) is 11.5. The molecule has 12 heteroatoms. The molecule has 5 N–H and O–H groups in total. The third kappa shape index (κ3) is 4.10. The van der Waals surface area contributed by atoms with E-state index in [1.807, 2.05) is 6.92 Å². The van der Waals surface area contributed by atoms with Gasteiger partial charge in [-0.2, -0.15) is 8.42 Å². The van der Waals surface area contributed by atoms with E-state index in [9.17, 15) is 23.1 Å². The predicted octanol–water partition coefficient (Wildman–Crippen LogP) is -1.42. The lowest BCUT2D eigenvalue weighted by Gasteiger charge is -2.46. The molecule has 29 heavy (non-hydrogen) atoms. The van der Waals surface area contributed by atoms with Crippen molar-refractivity contribution in [2.45, 2.75) is 55.4 Å². The van der Waals surface area contributed by atoms with E-state index in [-0.39, 0.29) is 41.5 Å². The van der Waals surface area contributed by atoms with Gasteiger partial charge in [0.2, 0.25) is 0 Å². The van der Waals surface area contributed by atoms with E-state index in [1.165, 1.54) is 0 Å². The van der Waals surface area contributed by atoms with Gasteiger partial charge >= 0.3 is 11.9 Å². The van der Waals surface area contributed by atoms with Crippen molar-refractivity contribution in [1.29, 1.82) is 0 Å². The Bertz CT molecular complexity index is 926. The summed E-state index contributed by atoms with van der Waals surface area (Å²) < 4.78 is 29.5. The molecule has 2 fully saturated rings. The third-order valence-electron chi connectivity index (χ3n) is 6.27. The largest absolute Gasteiger partial charge is 0.477 e. The average molecular weight is 448 g/mol. The van der Waals surface area contributed by atoms with Crippen molar-refractivity contribution in [2.75, 3.05) is 13.1 Å². The zero-order valence-corrected chi connectivity index (χ0v) is 18.1. The molecule has 0 bridgehead atoms. The van der Waals surface area contributed by atoms with E-state index < -0.39 is 43.2 Å². The number of carbonyl (C=O) groups excluding carboxylic acids is 1. The number of ether oxygens (including phenoxy) is 1. The maximum absolute atomic E-state index is 12.0. The van der Waals surface area contributed by atoms with E-state index in [0.717, 1.165) is 0 Å². The molecule has 2 saturated heterocycles. The van der Waals surface area contributed by atoms with Crippen LogP contribution in [0.25, 0.3) is 0 Å². The number of cyclic esters (lactones) is 1. The summed E-state index contributed by atoms with van der Waals surface area (Å²) in [6, 6.07) is -0.146. The lowest BCUT2D eigenvalue weighted by atomic mass is 9.72. The monoisotopic (exact) mass is 447 g/mol. The number of aliphatic imine (C=N–C) groups is 1. The summed E-state index contributed by atoms with van der Waals surface area (Å²) in [5, 5.41) is 17.4. The molecule has 1 unspecified atom stereocenters. The van der Waals surface area contributed by atoms with E-state index in [4.69, 9.17) is 15.6 Å². The molecule has 0 radical (unpaired) electrons. The molecule has 0 aromatic carbocycles. The van der Waals surface area contributed by atoms with Crippen LogP contribution in [0.3, 0.4) is 0 Å². The van der Waals surface area contributed by atoms with Gasteiger partial charge in [0, 0.05) is 12.6 Å². The Morgan fingerprint density at radius 2 is 2.17 bits per heavy atom. The van der Waals surface area contributed by atoms with E-state index in [2.05, 4.69) is 15.0 Å². The Kier molecular flexibility index (Phi) is 5.89. The van der Waals surface area contributed by atoms with Gasteiger partial charge in [0.1, 0.15) is 17.7 Å². The zero-order valence-electron chi connectivity index (χ0n) is 16.5. The van der Waals surface area contributed by atoms with Gasteiger partial charge in [-0.1, -0.05) is 18.6 Å². The fraction of sp³-hybridized carbons (Fsp3) is 0.765. The van der Waals surface area contributed by atoms with Crippen molar-refractivity contribution in [1.82, 2.24) is 10.0 Å². The van der Waals surface area contributed by atoms with Crippen LogP contribution in [0, 0.1) is 17.5 Å². The topological polar surface area (TPSA) is 160 Å². The molecule has 0 aromatic heterocycles. The van der Waals surface area contributed by atoms with Gasteiger partial charge in [0.05, 0.1) is 5.54 Å². The quantitative estimate of drug-likeness (QED) is 0.297. The fourth-order valence-electron chi connectivity index (χ4n) is 4.58. The van der Waals surface area contributed by atoms with Crippen LogP contribution < -0.4 is 15.2 Å². The van der Waals surface area contributed by atoms with Crippen molar-refractivity contribution in [2.24, 2.45) is 22.0 Å². The molecule has 10 nitrogen and oxygen atoms in total. The van der Waals surface area contributed by atoms with Crippen molar-refractivity contribution in [3.8, 4) is 5.69 Å². The van der Waals surface area contributed by atoms with Gasteiger partial charge in [-0.05, 0) is 26.3 Å². The van der Waals surface area contributed by atoms with Gasteiger partial charge < -0.3 is 31.2 Å². The number of nitrogens with two attached hydrogens (primary N) is 1. The van der Waals surface area contributed by atoms with Crippen LogP contribution in [0.1, 0.15) is 27.2 Å². The summed E-state index contributed by atoms with van der Waals surface area (Å²) in [5.41, 5.74) is 5.67. The summed E-state index contributed by atoms with van der Waals surface area (Å²) in [5.74, 6) is -2.26. The van der Waals surface area contributed by atoms with Crippen LogP contribution in [0.5, 0.6) is 0 Å². The average Bonchev–Trinajstić information content (AvgIpc) is 3.16. The molecule has 3 heterocycles. The number of rotatable bonds is 5. The highest BCUT2D eigenvalue weighted by Gasteiger charge is 2.58. The molecule has 0 aromatic rings. The number of hydrogen-bond donors (Lipinski definition) is 4. The highest BCUT2D eigenvalue weighted by molar-refractivity contribution is 7.88. The van der Waals surface area contributed by atoms with Gasteiger partial charge in [-0.15, -0.1) is 5.25 Å². The fourth-order valence-corrected chi connectivity index (χ4v) is 7.33. The third-order valence-corrected chi connectivity index (χ3v) is 9.19. The number of carboxylic acid groups (broad SMARTS) is 1. The number of carboxylic acids is 1. The molecular weight excluding hydrogens is 420 g/mol. The highest BCUT2D eigenvalue weighted by Crippen LogP contribution is 2.46. The molecule has 3 aliphatic heterocycles. The first-order valence-corrected chi connectivity index (χ1v) is 12.3.